The molecule has 2 unspecified atom stereocenters. The zero-order valence-electron chi connectivity index (χ0n) is 11.9. The van der Waals surface area contributed by atoms with Gasteiger partial charge in [0.25, 0.3) is 0 Å². The lowest BCUT2D eigenvalue weighted by Gasteiger charge is -2.39. The molecule has 1 aromatic rings. The molecule has 1 saturated carbocycles. The topological polar surface area (TPSA) is 29.3 Å². The highest BCUT2D eigenvalue weighted by Crippen LogP contribution is 2.33. The Balaban J connectivity index is 2.29. The largest absolute Gasteiger partial charge is 0.371 e. The Bertz CT molecular complexity index is 400. The zero-order valence-corrected chi connectivity index (χ0v) is 11.9. The molecule has 0 spiro atoms. The van der Waals surface area contributed by atoms with Gasteiger partial charge in [0.1, 0.15) is 0 Å². The summed E-state index contributed by atoms with van der Waals surface area (Å²) in [5.74, 6) is 0.786. The van der Waals surface area contributed by atoms with Crippen molar-refractivity contribution < 1.29 is 0 Å². The fourth-order valence-corrected chi connectivity index (χ4v) is 3.43. The van der Waals surface area contributed by atoms with E-state index in [9.17, 15) is 0 Å². The standard InChI is InChI=1S/C16H26N2/c1-12-7-4-5-10-15(12)18(3)16-13(2)8-6-9-14(16)11-17/h6,8-9,12,15H,4-5,7,10-11,17H2,1-3H3. The second kappa shape index (κ2) is 5.75. The molecule has 100 valence electrons. The van der Waals surface area contributed by atoms with Gasteiger partial charge < -0.3 is 10.6 Å². The summed E-state index contributed by atoms with van der Waals surface area (Å²) < 4.78 is 0. The van der Waals surface area contributed by atoms with E-state index in [1.54, 1.807) is 0 Å². The molecule has 0 saturated heterocycles. The Hall–Kier alpha value is -1.02. The van der Waals surface area contributed by atoms with Gasteiger partial charge in [0.15, 0.2) is 0 Å². The summed E-state index contributed by atoms with van der Waals surface area (Å²) in [6.45, 7) is 5.21. The Morgan fingerprint density at radius 2 is 2.00 bits per heavy atom. The van der Waals surface area contributed by atoms with Crippen LogP contribution in [0.1, 0.15) is 43.7 Å². The van der Waals surface area contributed by atoms with Crippen molar-refractivity contribution in [1.82, 2.24) is 0 Å². The van der Waals surface area contributed by atoms with E-state index in [1.807, 2.05) is 0 Å². The molecule has 0 heterocycles. The van der Waals surface area contributed by atoms with E-state index in [2.05, 4.69) is 44.0 Å². The first kappa shape index (κ1) is 13.4. The van der Waals surface area contributed by atoms with Gasteiger partial charge in [-0.05, 0) is 36.8 Å². The van der Waals surface area contributed by atoms with Crippen LogP contribution < -0.4 is 10.6 Å². The number of nitrogens with two attached hydrogens (primary N) is 1. The van der Waals surface area contributed by atoms with E-state index in [4.69, 9.17) is 5.73 Å². The van der Waals surface area contributed by atoms with E-state index in [0.717, 1.165) is 5.92 Å². The maximum atomic E-state index is 5.89. The average molecular weight is 246 g/mol. The van der Waals surface area contributed by atoms with Gasteiger partial charge in [-0.1, -0.05) is 38.0 Å². The van der Waals surface area contributed by atoms with Crippen LogP contribution in [-0.4, -0.2) is 13.1 Å². The van der Waals surface area contributed by atoms with Crippen molar-refractivity contribution in [3.63, 3.8) is 0 Å². The minimum absolute atomic E-state index is 0.627. The van der Waals surface area contributed by atoms with Gasteiger partial charge in [-0.3, -0.25) is 0 Å². The molecule has 2 N–H and O–H groups in total. The first-order chi connectivity index (χ1) is 8.65. The third-order valence-electron chi connectivity index (χ3n) is 4.46. The maximum absolute atomic E-state index is 5.89. The number of hydrogen-bond acceptors (Lipinski definition) is 2. The minimum atomic E-state index is 0.627. The van der Waals surface area contributed by atoms with E-state index >= 15 is 0 Å². The highest BCUT2D eigenvalue weighted by Gasteiger charge is 2.26. The Morgan fingerprint density at radius 3 is 2.67 bits per heavy atom. The second-order valence-electron chi connectivity index (χ2n) is 5.73. The first-order valence-corrected chi connectivity index (χ1v) is 7.16. The van der Waals surface area contributed by atoms with Crippen molar-refractivity contribution >= 4 is 5.69 Å². The fraction of sp³-hybridized carbons (Fsp3) is 0.625. The number of nitrogens with zero attached hydrogens (tertiary/aromatic N) is 1. The average Bonchev–Trinajstić information content (AvgIpc) is 2.38. The van der Waals surface area contributed by atoms with Crippen LogP contribution in [0, 0.1) is 12.8 Å². The van der Waals surface area contributed by atoms with Crippen LogP contribution in [0.5, 0.6) is 0 Å². The van der Waals surface area contributed by atoms with Crippen LogP contribution >= 0.6 is 0 Å². The fourth-order valence-electron chi connectivity index (χ4n) is 3.43. The number of benzene rings is 1. The van der Waals surface area contributed by atoms with E-state index in [0.29, 0.717) is 12.6 Å². The first-order valence-electron chi connectivity index (χ1n) is 7.16. The van der Waals surface area contributed by atoms with Gasteiger partial charge in [0, 0.05) is 25.3 Å². The monoisotopic (exact) mass is 246 g/mol. The predicted octanol–water partition coefficient (Wildman–Crippen LogP) is 3.47. The molecular weight excluding hydrogens is 220 g/mol. The molecule has 0 bridgehead atoms. The molecule has 2 rings (SSSR count). The lowest BCUT2D eigenvalue weighted by atomic mass is 9.84. The molecule has 2 heteroatoms. The Kier molecular flexibility index (Phi) is 4.28. The summed E-state index contributed by atoms with van der Waals surface area (Å²) in [6.07, 6.45) is 5.43. The predicted molar refractivity (Wildman–Crippen MR) is 78.9 cm³/mol. The number of para-hydroxylation sites is 1. The SMILES string of the molecule is Cc1cccc(CN)c1N(C)C1CCCCC1C. The van der Waals surface area contributed by atoms with Crippen molar-refractivity contribution in [3.05, 3.63) is 29.3 Å². The quantitative estimate of drug-likeness (QED) is 0.885. The summed E-state index contributed by atoms with van der Waals surface area (Å²) >= 11 is 0. The molecule has 1 aliphatic rings. The summed E-state index contributed by atoms with van der Waals surface area (Å²) in [7, 11) is 2.24. The molecule has 0 amide bonds. The van der Waals surface area contributed by atoms with E-state index < -0.39 is 0 Å². The van der Waals surface area contributed by atoms with Crippen molar-refractivity contribution in [1.29, 1.82) is 0 Å². The molecule has 1 aromatic carbocycles. The normalized spacial score (nSPS) is 24.0. The highest BCUT2D eigenvalue weighted by atomic mass is 15.1. The molecule has 1 aliphatic carbocycles. The Labute approximate surface area is 111 Å². The summed E-state index contributed by atoms with van der Waals surface area (Å²) in [5, 5.41) is 0. The number of anilines is 1. The minimum Gasteiger partial charge on any atom is -0.371 e. The lowest BCUT2D eigenvalue weighted by molar-refractivity contribution is 0.321. The van der Waals surface area contributed by atoms with Gasteiger partial charge in [-0.15, -0.1) is 0 Å². The molecule has 2 atom stereocenters. The van der Waals surface area contributed by atoms with Crippen LogP contribution in [0.25, 0.3) is 0 Å². The van der Waals surface area contributed by atoms with E-state index in [-0.39, 0.29) is 0 Å². The van der Waals surface area contributed by atoms with Gasteiger partial charge in [-0.2, -0.15) is 0 Å². The lowest BCUT2D eigenvalue weighted by Crippen LogP contribution is -2.40. The molecule has 18 heavy (non-hydrogen) atoms. The number of aryl methyl sites for hydroxylation is 1. The number of hydrogen-bond donors (Lipinski definition) is 1. The van der Waals surface area contributed by atoms with Crippen LogP contribution in [0.15, 0.2) is 18.2 Å². The van der Waals surface area contributed by atoms with Gasteiger partial charge in [-0.25, -0.2) is 0 Å². The smallest absolute Gasteiger partial charge is 0.0441 e. The molecule has 2 nitrogen and oxygen atoms in total. The van der Waals surface area contributed by atoms with Crippen LogP contribution in [0.2, 0.25) is 0 Å². The van der Waals surface area contributed by atoms with E-state index in [1.165, 1.54) is 42.5 Å². The van der Waals surface area contributed by atoms with Crippen LogP contribution in [-0.2, 0) is 6.54 Å². The van der Waals surface area contributed by atoms with Gasteiger partial charge >= 0.3 is 0 Å². The molecular formula is C16H26N2. The molecule has 1 fully saturated rings. The van der Waals surface area contributed by atoms with Gasteiger partial charge in [0.2, 0.25) is 0 Å². The van der Waals surface area contributed by atoms with Crippen molar-refractivity contribution in [2.24, 2.45) is 11.7 Å². The van der Waals surface area contributed by atoms with Gasteiger partial charge in [0.05, 0.1) is 0 Å². The Morgan fingerprint density at radius 1 is 1.28 bits per heavy atom. The molecule has 0 aromatic heterocycles. The molecule has 0 aliphatic heterocycles. The third-order valence-corrected chi connectivity index (χ3v) is 4.46. The summed E-state index contributed by atoms with van der Waals surface area (Å²) in [5.41, 5.74) is 9.87. The second-order valence-corrected chi connectivity index (χ2v) is 5.73. The van der Waals surface area contributed by atoms with Crippen LogP contribution in [0.3, 0.4) is 0 Å². The number of rotatable bonds is 3. The van der Waals surface area contributed by atoms with Crippen molar-refractivity contribution in [3.8, 4) is 0 Å². The van der Waals surface area contributed by atoms with Crippen molar-refractivity contribution in [2.45, 2.75) is 52.1 Å². The third kappa shape index (κ3) is 2.54. The summed E-state index contributed by atoms with van der Waals surface area (Å²) in [6, 6.07) is 7.13. The molecule has 0 radical (unpaired) electrons. The highest BCUT2D eigenvalue weighted by molar-refractivity contribution is 5.59. The van der Waals surface area contributed by atoms with Crippen molar-refractivity contribution in [2.75, 3.05) is 11.9 Å². The van der Waals surface area contributed by atoms with Crippen LogP contribution in [0.4, 0.5) is 5.69 Å². The summed E-state index contributed by atoms with van der Waals surface area (Å²) in [4.78, 5) is 2.49. The zero-order chi connectivity index (χ0) is 13.1. The maximum Gasteiger partial charge on any atom is 0.0441 e.